The molecule has 0 aromatic carbocycles. The van der Waals surface area contributed by atoms with Crippen LogP contribution in [0.4, 0.5) is 17.2 Å². The van der Waals surface area contributed by atoms with Crippen molar-refractivity contribution in [2.24, 2.45) is 0 Å². The summed E-state index contributed by atoms with van der Waals surface area (Å²) in [5.41, 5.74) is 3.61. The predicted octanol–water partition coefficient (Wildman–Crippen LogP) is 2.55. The van der Waals surface area contributed by atoms with Gasteiger partial charge in [-0.25, -0.2) is 9.67 Å². The topological polar surface area (TPSA) is 94.6 Å². The van der Waals surface area contributed by atoms with Crippen LogP contribution in [0.5, 0.6) is 0 Å². The maximum atomic E-state index is 12.6. The molecule has 0 saturated carbocycles. The van der Waals surface area contributed by atoms with E-state index in [1.807, 2.05) is 56.4 Å². The number of aryl methyl sites for hydroxylation is 1. The van der Waals surface area contributed by atoms with Crippen LogP contribution in [0.25, 0.3) is 16.7 Å². The number of nitrogens with one attached hydrogen (secondary N) is 3. The van der Waals surface area contributed by atoms with Crippen molar-refractivity contribution in [2.45, 2.75) is 6.92 Å². The van der Waals surface area contributed by atoms with E-state index in [-0.39, 0.29) is 5.56 Å². The number of hydrogen-bond donors (Lipinski definition) is 3. The Morgan fingerprint density at radius 2 is 2.00 bits per heavy atom. The van der Waals surface area contributed by atoms with Gasteiger partial charge in [0, 0.05) is 43.8 Å². The second kappa shape index (κ2) is 6.07. The summed E-state index contributed by atoms with van der Waals surface area (Å²) >= 11 is 0. The van der Waals surface area contributed by atoms with Gasteiger partial charge in [0.15, 0.2) is 0 Å². The summed E-state index contributed by atoms with van der Waals surface area (Å²) in [7, 11) is 3.77. The van der Waals surface area contributed by atoms with Crippen LogP contribution >= 0.6 is 0 Å². The molecule has 0 unspecified atom stereocenters. The first-order chi connectivity index (χ1) is 12.5. The molecule has 0 atom stereocenters. The number of pyridine rings is 2. The third-order valence-corrected chi connectivity index (χ3v) is 4.24. The van der Waals surface area contributed by atoms with Gasteiger partial charge < -0.3 is 20.2 Å². The molecule has 4 rings (SSSR count). The van der Waals surface area contributed by atoms with Crippen LogP contribution in [0.1, 0.15) is 5.69 Å². The summed E-state index contributed by atoms with van der Waals surface area (Å²) in [6, 6.07) is 7.54. The molecular weight excluding hydrogens is 330 g/mol. The smallest absolute Gasteiger partial charge is 0.275 e. The van der Waals surface area contributed by atoms with Crippen LogP contribution in [0.2, 0.25) is 0 Å². The molecule has 0 radical (unpaired) electrons. The van der Waals surface area contributed by atoms with E-state index in [9.17, 15) is 4.79 Å². The van der Waals surface area contributed by atoms with Crippen LogP contribution in [-0.2, 0) is 0 Å². The molecule has 0 saturated heterocycles. The summed E-state index contributed by atoms with van der Waals surface area (Å²) in [5.74, 6) is 0.684. The number of anilines is 3. The lowest BCUT2D eigenvalue weighted by Crippen LogP contribution is -2.22. The Hall–Kier alpha value is -3.55. The van der Waals surface area contributed by atoms with Crippen molar-refractivity contribution in [1.82, 2.24) is 24.7 Å². The van der Waals surface area contributed by atoms with E-state index < -0.39 is 0 Å². The molecule has 0 amide bonds. The fourth-order valence-corrected chi connectivity index (χ4v) is 2.95. The third kappa shape index (κ3) is 2.61. The third-order valence-electron chi connectivity index (χ3n) is 4.24. The molecule has 4 heterocycles. The molecule has 0 aliphatic rings. The van der Waals surface area contributed by atoms with Crippen molar-refractivity contribution in [3.63, 3.8) is 0 Å². The number of aromatic amines is 2. The highest BCUT2D eigenvalue weighted by Gasteiger charge is 2.14. The highest BCUT2D eigenvalue weighted by molar-refractivity contribution is 5.92. The Labute approximate surface area is 149 Å². The monoisotopic (exact) mass is 349 g/mol. The summed E-state index contributed by atoms with van der Waals surface area (Å²) < 4.78 is 1.63. The van der Waals surface area contributed by atoms with Gasteiger partial charge >= 0.3 is 0 Å². The van der Waals surface area contributed by atoms with Crippen molar-refractivity contribution in [2.75, 3.05) is 24.3 Å². The van der Waals surface area contributed by atoms with Crippen molar-refractivity contribution in [1.29, 1.82) is 0 Å². The molecular formula is C18H19N7O. The Bertz CT molecular complexity index is 1140. The molecule has 0 aliphatic heterocycles. The average Bonchev–Trinajstić information content (AvgIpc) is 3.25. The molecule has 0 fully saturated rings. The number of rotatable bonds is 4. The molecule has 132 valence electrons. The van der Waals surface area contributed by atoms with Gasteiger partial charge in [0.05, 0.1) is 11.4 Å². The van der Waals surface area contributed by atoms with Gasteiger partial charge in [0.2, 0.25) is 0 Å². The van der Waals surface area contributed by atoms with Crippen LogP contribution in [0.15, 0.2) is 47.7 Å². The first kappa shape index (κ1) is 15.9. The first-order valence-electron chi connectivity index (χ1n) is 8.19. The van der Waals surface area contributed by atoms with Gasteiger partial charge in [-0.1, -0.05) is 0 Å². The second-order valence-electron chi connectivity index (χ2n) is 6.25. The van der Waals surface area contributed by atoms with Crippen LogP contribution in [-0.4, -0.2) is 38.8 Å². The Morgan fingerprint density at radius 3 is 2.73 bits per heavy atom. The molecule has 0 bridgehead atoms. The molecule has 4 aromatic heterocycles. The highest BCUT2D eigenvalue weighted by Crippen LogP contribution is 2.29. The predicted molar refractivity (Wildman–Crippen MR) is 103 cm³/mol. The quantitative estimate of drug-likeness (QED) is 0.526. The summed E-state index contributed by atoms with van der Waals surface area (Å²) in [6.07, 6.45) is 5.26. The van der Waals surface area contributed by atoms with Gasteiger partial charge in [-0.05, 0) is 31.2 Å². The minimum absolute atomic E-state index is 0.201. The minimum Gasteiger partial charge on any atom is -0.362 e. The fourth-order valence-electron chi connectivity index (χ4n) is 2.95. The summed E-state index contributed by atoms with van der Waals surface area (Å²) in [5, 5.41) is 8.64. The fraction of sp³-hybridized carbons (Fsp3) is 0.167. The number of hydrogen-bond acceptors (Lipinski definition) is 5. The number of nitrogens with zero attached hydrogens (tertiary/aromatic N) is 4. The van der Waals surface area contributed by atoms with Gasteiger partial charge in [-0.15, -0.1) is 0 Å². The number of fused-ring (bicyclic) bond motifs is 1. The van der Waals surface area contributed by atoms with E-state index >= 15 is 0 Å². The van der Waals surface area contributed by atoms with Gasteiger partial charge in [-0.2, -0.15) is 5.10 Å². The largest absolute Gasteiger partial charge is 0.362 e. The van der Waals surface area contributed by atoms with Crippen molar-refractivity contribution in [3.8, 4) is 5.69 Å². The lowest BCUT2D eigenvalue weighted by Gasteiger charge is -2.19. The maximum absolute atomic E-state index is 12.6. The average molecular weight is 349 g/mol. The summed E-state index contributed by atoms with van der Waals surface area (Å²) in [6.45, 7) is 1.91. The second-order valence-corrected chi connectivity index (χ2v) is 6.25. The van der Waals surface area contributed by atoms with Gasteiger partial charge in [0.1, 0.15) is 17.2 Å². The van der Waals surface area contributed by atoms with Crippen molar-refractivity contribution < 1.29 is 0 Å². The van der Waals surface area contributed by atoms with Crippen molar-refractivity contribution >= 4 is 28.2 Å². The van der Waals surface area contributed by atoms with Gasteiger partial charge in [-0.3, -0.25) is 4.79 Å². The zero-order chi connectivity index (χ0) is 18.3. The zero-order valence-corrected chi connectivity index (χ0v) is 14.7. The van der Waals surface area contributed by atoms with Crippen LogP contribution in [0, 0.1) is 6.92 Å². The Balaban J connectivity index is 1.87. The molecule has 8 heteroatoms. The molecule has 4 aromatic rings. The summed E-state index contributed by atoms with van der Waals surface area (Å²) in [4.78, 5) is 24.8. The zero-order valence-electron chi connectivity index (χ0n) is 14.7. The Morgan fingerprint density at radius 1 is 1.15 bits per heavy atom. The standard InChI is InChI=1S/C18H19N7O/c1-11-4-9-21-25(11)15-10-14(17(24(2)3)23-18(15)26)22-13-6-8-20-16-12(13)5-7-19-16/h4-10H,1-3H3,(H,23,26)(H2,19,20,22). The molecule has 3 N–H and O–H groups in total. The molecule has 26 heavy (non-hydrogen) atoms. The SMILES string of the molecule is Cc1ccnn1-c1cc(Nc2ccnc3[nH]ccc23)c(N(C)C)[nH]c1=O. The first-order valence-corrected chi connectivity index (χ1v) is 8.19. The number of H-pyrrole nitrogens is 2. The maximum Gasteiger partial charge on any atom is 0.275 e. The van der Waals surface area contributed by atoms with E-state index in [1.54, 1.807) is 17.1 Å². The van der Waals surface area contributed by atoms with E-state index in [4.69, 9.17) is 0 Å². The molecule has 8 nitrogen and oxygen atoms in total. The lowest BCUT2D eigenvalue weighted by molar-refractivity contribution is 0.831. The highest BCUT2D eigenvalue weighted by atomic mass is 16.1. The molecule has 0 aliphatic carbocycles. The van der Waals surface area contributed by atoms with E-state index in [2.05, 4.69) is 25.4 Å². The van der Waals surface area contributed by atoms with E-state index in [0.29, 0.717) is 11.5 Å². The van der Waals surface area contributed by atoms with E-state index in [1.165, 1.54) is 0 Å². The molecule has 0 spiro atoms. The minimum atomic E-state index is -0.201. The number of aromatic nitrogens is 5. The Kier molecular flexibility index (Phi) is 3.72. The van der Waals surface area contributed by atoms with E-state index in [0.717, 1.165) is 28.1 Å². The van der Waals surface area contributed by atoms with Crippen molar-refractivity contribution in [3.05, 3.63) is 58.9 Å². The van der Waals surface area contributed by atoms with Gasteiger partial charge in [0.25, 0.3) is 5.56 Å². The normalized spacial score (nSPS) is 11.0. The lowest BCUT2D eigenvalue weighted by atomic mass is 10.2. The van der Waals surface area contributed by atoms with Crippen LogP contribution in [0.3, 0.4) is 0 Å². The van der Waals surface area contributed by atoms with Crippen LogP contribution < -0.4 is 15.8 Å².